The molecule has 0 aliphatic heterocycles. The van der Waals surface area contributed by atoms with Gasteiger partial charge in [-0.2, -0.15) is 0 Å². The molecule has 0 aromatic carbocycles. The second kappa shape index (κ2) is 10.9. The number of H-pyrrole nitrogens is 2. The number of carbonyl (C=O) groups is 1. The number of carbonyl (C=O) groups excluding carboxylic acids is 1. The predicted octanol–water partition coefficient (Wildman–Crippen LogP) is 1.69. The fourth-order valence-electron chi connectivity index (χ4n) is 2.18. The minimum atomic E-state index is -0.343. The number of unbranched alkanes of at least 4 members (excludes halogenated alkanes) is 1. The first-order valence-corrected chi connectivity index (χ1v) is 8.91. The lowest BCUT2D eigenvalue weighted by molar-refractivity contribution is -0.121. The molecule has 0 radical (unpaired) electrons. The summed E-state index contributed by atoms with van der Waals surface area (Å²) in [5.74, 6) is 0.241. The van der Waals surface area contributed by atoms with E-state index >= 15 is 0 Å². The van der Waals surface area contributed by atoms with Crippen molar-refractivity contribution in [3.05, 3.63) is 26.9 Å². The van der Waals surface area contributed by atoms with Gasteiger partial charge in [0.2, 0.25) is 5.91 Å². The SMILES string of the molecule is CCCC[C@H](CC)CNC(=S)NNC(=O)Cc1cc(=O)[nH]c(=S)[nH]1. The maximum absolute atomic E-state index is 11.8. The van der Waals surface area contributed by atoms with E-state index in [2.05, 4.69) is 40.0 Å². The molecule has 0 saturated carbocycles. The van der Waals surface area contributed by atoms with E-state index in [4.69, 9.17) is 24.4 Å². The highest BCUT2D eigenvalue weighted by atomic mass is 32.1. The molecule has 5 N–H and O–H groups in total. The number of amides is 1. The van der Waals surface area contributed by atoms with Gasteiger partial charge in [0.1, 0.15) is 0 Å². The van der Waals surface area contributed by atoms with E-state index in [9.17, 15) is 9.59 Å². The molecule has 24 heavy (non-hydrogen) atoms. The average molecular weight is 372 g/mol. The highest BCUT2D eigenvalue weighted by molar-refractivity contribution is 7.80. The summed E-state index contributed by atoms with van der Waals surface area (Å²) in [5, 5.41) is 3.48. The minimum absolute atomic E-state index is 0.00272. The quantitative estimate of drug-likeness (QED) is 0.352. The lowest BCUT2D eigenvalue weighted by Gasteiger charge is -2.17. The molecule has 1 heterocycles. The van der Waals surface area contributed by atoms with Gasteiger partial charge in [-0.3, -0.25) is 25.4 Å². The highest BCUT2D eigenvalue weighted by Crippen LogP contribution is 2.10. The van der Waals surface area contributed by atoms with Crippen LogP contribution < -0.4 is 21.7 Å². The number of aromatic nitrogens is 2. The Morgan fingerprint density at radius 1 is 1.29 bits per heavy atom. The van der Waals surface area contributed by atoms with Gasteiger partial charge < -0.3 is 10.3 Å². The Morgan fingerprint density at radius 3 is 2.67 bits per heavy atom. The molecule has 0 fully saturated rings. The van der Waals surface area contributed by atoms with Crippen LogP contribution in [0.2, 0.25) is 0 Å². The summed E-state index contributed by atoms with van der Waals surface area (Å²) in [6, 6.07) is 1.30. The van der Waals surface area contributed by atoms with Crippen molar-refractivity contribution in [1.82, 2.24) is 26.1 Å². The first kappa shape index (κ1) is 20.3. The lowest BCUT2D eigenvalue weighted by Crippen LogP contribution is -2.48. The van der Waals surface area contributed by atoms with Crippen LogP contribution in [-0.2, 0) is 11.2 Å². The molecule has 0 saturated heterocycles. The van der Waals surface area contributed by atoms with Gasteiger partial charge in [0.15, 0.2) is 9.88 Å². The minimum Gasteiger partial charge on any atom is -0.361 e. The molecule has 0 unspecified atom stereocenters. The van der Waals surface area contributed by atoms with Crippen molar-refractivity contribution in [2.45, 2.75) is 46.0 Å². The second-order valence-corrected chi connectivity index (χ2v) is 6.41. The molecular formula is C15H25N5O2S2. The van der Waals surface area contributed by atoms with Crippen LogP contribution in [0, 0.1) is 10.7 Å². The molecule has 0 spiro atoms. The summed E-state index contributed by atoms with van der Waals surface area (Å²) >= 11 is 10.00. The summed E-state index contributed by atoms with van der Waals surface area (Å²) in [5.41, 5.74) is 5.25. The standard InChI is InChI=1S/C15H25N5O2S2/c1-3-5-6-10(4-2)9-16-14(23)20-19-13(22)8-11-7-12(21)18-15(24)17-11/h7,10H,3-6,8-9H2,1-2H3,(H,19,22)(H2,16,20,23)(H2,17,18,21,24)/t10-/m0/s1. The Balaban J connectivity index is 2.34. The first-order valence-electron chi connectivity index (χ1n) is 8.09. The molecule has 0 bridgehead atoms. The van der Waals surface area contributed by atoms with Gasteiger partial charge in [-0.25, -0.2) is 0 Å². The van der Waals surface area contributed by atoms with Crippen molar-refractivity contribution in [2.24, 2.45) is 5.92 Å². The number of thiocarbonyl (C=S) groups is 1. The number of nitrogens with one attached hydrogen (secondary N) is 5. The molecular weight excluding hydrogens is 346 g/mol. The molecule has 1 aromatic rings. The zero-order chi connectivity index (χ0) is 17.9. The molecule has 1 aromatic heterocycles. The summed E-state index contributed by atoms with van der Waals surface area (Å²) in [4.78, 5) is 28.3. The molecule has 1 amide bonds. The second-order valence-electron chi connectivity index (χ2n) is 5.59. The molecule has 1 rings (SSSR count). The number of hydrogen-bond donors (Lipinski definition) is 5. The van der Waals surface area contributed by atoms with Gasteiger partial charge >= 0.3 is 0 Å². The molecule has 0 aliphatic rings. The largest absolute Gasteiger partial charge is 0.361 e. The van der Waals surface area contributed by atoms with Crippen LogP contribution in [0.4, 0.5) is 0 Å². The summed E-state index contributed by atoms with van der Waals surface area (Å²) in [7, 11) is 0. The fraction of sp³-hybridized carbons (Fsp3) is 0.600. The molecule has 1 atom stereocenters. The molecule has 0 aliphatic carbocycles. The summed E-state index contributed by atoms with van der Waals surface area (Å²) < 4.78 is 0.188. The average Bonchev–Trinajstić information content (AvgIpc) is 2.52. The molecule has 9 heteroatoms. The summed E-state index contributed by atoms with van der Waals surface area (Å²) in [6.45, 7) is 5.11. The predicted molar refractivity (Wildman–Crippen MR) is 101 cm³/mol. The summed E-state index contributed by atoms with van der Waals surface area (Å²) in [6.07, 6.45) is 4.63. The third kappa shape index (κ3) is 8.21. The zero-order valence-electron chi connectivity index (χ0n) is 14.0. The van der Waals surface area contributed by atoms with E-state index in [1.165, 1.54) is 18.9 Å². The number of aromatic amines is 2. The van der Waals surface area contributed by atoms with Gasteiger partial charge in [0, 0.05) is 18.3 Å². The Bertz CT molecular complexity index is 628. The van der Waals surface area contributed by atoms with E-state index in [1.807, 2.05) is 0 Å². The monoisotopic (exact) mass is 371 g/mol. The maximum atomic E-state index is 11.8. The van der Waals surface area contributed by atoms with Gasteiger partial charge in [-0.1, -0.05) is 33.1 Å². The van der Waals surface area contributed by atoms with Crippen molar-refractivity contribution in [1.29, 1.82) is 0 Å². The van der Waals surface area contributed by atoms with Crippen LogP contribution in [-0.4, -0.2) is 27.5 Å². The van der Waals surface area contributed by atoms with Crippen molar-refractivity contribution in [3.8, 4) is 0 Å². The highest BCUT2D eigenvalue weighted by Gasteiger charge is 2.08. The molecule has 7 nitrogen and oxygen atoms in total. The third-order valence-corrected chi connectivity index (χ3v) is 4.03. The van der Waals surface area contributed by atoms with Crippen LogP contribution in [0.25, 0.3) is 0 Å². The van der Waals surface area contributed by atoms with Gasteiger partial charge in [-0.05, 0) is 36.8 Å². The normalized spacial score (nSPS) is 11.6. The van der Waals surface area contributed by atoms with Crippen LogP contribution >= 0.6 is 24.4 Å². The van der Waals surface area contributed by atoms with E-state index in [-0.39, 0.29) is 22.7 Å². The van der Waals surface area contributed by atoms with Crippen LogP contribution in [0.15, 0.2) is 10.9 Å². The number of rotatable bonds is 8. The lowest BCUT2D eigenvalue weighted by atomic mass is 9.99. The fourth-order valence-corrected chi connectivity index (χ4v) is 2.55. The number of hydrogen-bond acceptors (Lipinski definition) is 4. The van der Waals surface area contributed by atoms with Crippen molar-refractivity contribution in [3.63, 3.8) is 0 Å². The van der Waals surface area contributed by atoms with E-state index in [0.717, 1.165) is 19.4 Å². The number of hydrazine groups is 1. The van der Waals surface area contributed by atoms with Crippen molar-refractivity contribution < 1.29 is 4.79 Å². The van der Waals surface area contributed by atoms with E-state index < -0.39 is 0 Å². The Hall–Kier alpha value is -1.74. The van der Waals surface area contributed by atoms with Crippen molar-refractivity contribution in [2.75, 3.05) is 6.54 Å². The topological polar surface area (TPSA) is 102 Å². The maximum Gasteiger partial charge on any atom is 0.251 e. The zero-order valence-corrected chi connectivity index (χ0v) is 15.7. The van der Waals surface area contributed by atoms with Gasteiger partial charge in [-0.15, -0.1) is 0 Å². The van der Waals surface area contributed by atoms with Crippen LogP contribution in [0.1, 0.15) is 45.2 Å². The Labute approximate surface area is 152 Å². The first-order chi connectivity index (χ1) is 11.4. The van der Waals surface area contributed by atoms with Gasteiger partial charge in [0.25, 0.3) is 5.56 Å². The Morgan fingerprint density at radius 2 is 2.04 bits per heavy atom. The van der Waals surface area contributed by atoms with Gasteiger partial charge in [0.05, 0.1) is 6.42 Å². The van der Waals surface area contributed by atoms with E-state index in [0.29, 0.717) is 16.7 Å². The van der Waals surface area contributed by atoms with Crippen LogP contribution in [0.5, 0.6) is 0 Å². The third-order valence-electron chi connectivity index (χ3n) is 3.58. The smallest absolute Gasteiger partial charge is 0.251 e. The Kier molecular flexibility index (Phi) is 9.24. The van der Waals surface area contributed by atoms with Crippen molar-refractivity contribution >= 4 is 35.5 Å². The molecule has 134 valence electrons. The van der Waals surface area contributed by atoms with E-state index in [1.54, 1.807) is 0 Å². The van der Waals surface area contributed by atoms with Crippen LogP contribution in [0.3, 0.4) is 0 Å².